The van der Waals surface area contributed by atoms with Crippen LogP contribution >= 0.6 is 0 Å². The van der Waals surface area contributed by atoms with Crippen LogP contribution in [0.25, 0.3) is 0 Å². The molecule has 24 heavy (non-hydrogen) atoms. The molecule has 0 fully saturated rings. The number of hydrogen-bond acceptors (Lipinski definition) is 3. The number of ether oxygens (including phenoxy) is 1. The minimum absolute atomic E-state index is 0.00172. The molecule has 0 aliphatic heterocycles. The molecule has 1 aromatic carbocycles. The summed E-state index contributed by atoms with van der Waals surface area (Å²) in [6.07, 6.45) is 0. The number of carbonyl (C=O) groups is 1. The lowest BCUT2D eigenvalue weighted by atomic mass is 10.1. The van der Waals surface area contributed by atoms with E-state index in [1.165, 1.54) is 0 Å². The first-order chi connectivity index (χ1) is 11.3. The molecule has 0 spiro atoms. The maximum atomic E-state index is 11.9. The molecule has 1 rings (SSSR count). The highest BCUT2D eigenvalue weighted by Crippen LogP contribution is 2.08. The molecule has 1 aromatic rings. The van der Waals surface area contributed by atoms with Gasteiger partial charge in [0.05, 0.1) is 12.1 Å². The van der Waals surface area contributed by atoms with Crippen LogP contribution in [-0.4, -0.2) is 56.7 Å². The molecule has 0 radical (unpaired) electrons. The molecule has 1 amide bonds. The Morgan fingerprint density at radius 1 is 1.21 bits per heavy atom. The Bertz CT molecular complexity index is 551. The zero-order valence-corrected chi connectivity index (χ0v) is 15.6. The van der Waals surface area contributed by atoms with Crippen molar-refractivity contribution < 1.29 is 9.53 Å². The maximum absolute atomic E-state index is 11.9. The number of guanidine groups is 1. The largest absolute Gasteiger partial charge is 0.377 e. The Morgan fingerprint density at radius 2 is 1.83 bits per heavy atom. The predicted octanol–water partition coefficient (Wildman–Crippen LogP) is 1.87. The molecule has 0 atom stereocenters. The van der Waals surface area contributed by atoms with Gasteiger partial charge in [-0.1, -0.05) is 12.1 Å². The normalized spacial score (nSPS) is 12.0. The van der Waals surface area contributed by atoms with Crippen molar-refractivity contribution in [1.82, 2.24) is 15.5 Å². The Morgan fingerprint density at radius 3 is 2.33 bits per heavy atom. The van der Waals surface area contributed by atoms with E-state index in [1.54, 1.807) is 26.1 Å². The third-order valence-corrected chi connectivity index (χ3v) is 3.61. The van der Waals surface area contributed by atoms with Crippen LogP contribution in [0.15, 0.2) is 29.3 Å². The zero-order valence-electron chi connectivity index (χ0n) is 15.6. The van der Waals surface area contributed by atoms with Crippen LogP contribution in [-0.2, 0) is 11.3 Å². The second-order valence-electron chi connectivity index (χ2n) is 6.41. The highest BCUT2D eigenvalue weighted by molar-refractivity contribution is 5.93. The SMILES string of the molecule is CCNC(=NCc1ccc(C(=O)N(C)C)cc1)NCC(C)(C)OC. The molecule has 0 bridgehead atoms. The third-order valence-electron chi connectivity index (χ3n) is 3.61. The van der Waals surface area contributed by atoms with Gasteiger partial charge in [0.2, 0.25) is 0 Å². The van der Waals surface area contributed by atoms with Crippen molar-refractivity contribution in [2.24, 2.45) is 4.99 Å². The van der Waals surface area contributed by atoms with Crippen LogP contribution in [0.5, 0.6) is 0 Å². The van der Waals surface area contributed by atoms with E-state index in [0.29, 0.717) is 18.7 Å². The summed E-state index contributed by atoms with van der Waals surface area (Å²) in [6, 6.07) is 7.54. The van der Waals surface area contributed by atoms with Crippen LogP contribution in [0.4, 0.5) is 0 Å². The lowest BCUT2D eigenvalue weighted by molar-refractivity contribution is 0.0268. The number of nitrogens with one attached hydrogen (secondary N) is 2. The number of carbonyl (C=O) groups excluding carboxylic acids is 1. The van der Waals surface area contributed by atoms with E-state index < -0.39 is 0 Å². The molecule has 0 aliphatic carbocycles. The lowest BCUT2D eigenvalue weighted by Gasteiger charge is -2.24. The van der Waals surface area contributed by atoms with Crippen LogP contribution in [0.3, 0.4) is 0 Å². The molecule has 0 unspecified atom stereocenters. The predicted molar refractivity (Wildman–Crippen MR) is 98.4 cm³/mol. The standard InChI is InChI=1S/C18H30N4O2/c1-7-19-17(21-13-18(2,3)24-6)20-12-14-8-10-15(11-9-14)16(23)22(4)5/h8-11H,7,12-13H2,1-6H3,(H2,19,20,21). The summed E-state index contributed by atoms with van der Waals surface area (Å²) in [5, 5.41) is 6.50. The van der Waals surface area contributed by atoms with Gasteiger partial charge >= 0.3 is 0 Å². The van der Waals surface area contributed by atoms with Crippen molar-refractivity contribution in [1.29, 1.82) is 0 Å². The molecule has 0 aliphatic rings. The average molecular weight is 334 g/mol. The summed E-state index contributed by atoms with van der Waals surface area (Å²) >= 11 is 0. The van der Waals surface area contributed by atoms with Gasteiger partial charge in [-0.25, -0.2) is 4.99 Å². The summed E-state index contributed by atoms with van der Waals surface area (Å²) in [5.41, 5.74) is 1.47. The fourth-order valence-corrected chi connectivity index (χ4v) is 1.89. The van der Waals surface area contributed by atoms with Crippen LogP contribution < -0.4 is 10.6 Å². The van der Waals surface area contributed by atoms with E-state index in [-0.39, 0.29) is 11.5 Å². The Kier molecular flexibility index (Phi) is 7.71. The molecular weight excluding hydrogens is 304 g/mol. The van der Waals surface area contributed by atoms with Crippen molar-refractivity contribution in [3.05, 3.63) is 35.4 Å². The van der Waals surface area contributed by atoms with Crippen molar-refractivity contribution in [3.8, 4) is 0 Å². The summed E-state index contributed by atoms with van der Waals surface area (Å²) in [4.78, 5) is 18.0. The number of aliphatic imine (C=N–C) groups is 1. The second-order valence-corrected chi connectivity index (χ2v) is 6.41. The number of benzene rings is 1. The van der Waals surface area contributed by atoms with Gasteiger partial charge in [0.1, 0.15) is 0 Å². The molecule has 0 heterocycles. The Labute approximate surface area is 145 Å². The second kappa shape index (κ2) is 9.27. The monoisotopic (exact) mass is 334 g/mol. The Hall–Kier alpha value is -2.08. The van der Waals surface area contributed by atoms with Crippen molar-refractivity contribution in [3.63, 3.8) is 0 Å². The number of hydrogen-bond donors (Lipinski definition) is 2. The lowest BCUT2D eigenvalue weighted by Crippen LogP contribution is -2.45. The van der Waals surface area contributed by atoms with Gasteiger partial charge in [-0.2, -0.15) is 0 Å². The van der Waals surface area contributed by atoms with Gasteiger partial charge in [-0.15, -0.1) is 0 Å². The summed E-state index contributed by atoms with van der Waals surface area (Å²) < 4.78 is 5.40. The number of amides is 1. The quantitative estimate of drug-likeness (QED) is 0.590. The molecule has 134 valence electrons. The fraction of sp³-hybridized carbons (Fsp3) is 0.556. The van der Waals surface area contributed by atoms with Crippen molar-refractivity contribution in [2.75, 3.05) is 34.3 Å². The van der Waals surface area contributed by atoms with Crippen LogP contribution in [0.1, 0.15) is 36.7 Å². The van der Waals surface area contributed by atoms with E-state index >= 15 is 0 Å². The summed E-state index contributed by atoms with van der Waals surface area (Å²) in [7, 11) is 5.19. The molecule has 2 N–H and O–H groups in total. The third kappa shape index (κ3) is 6.58. The average Bonchev–Trinajstić information content (AvgIpc) is 2.57. The number of nitrogens with zero attached hydrogens (tertiary/aromatic N) is 2. The molecule has 6 nitrogen and oxygen atoms in total. The minimum atomic E-state index is -0.260. The van der Waals surface area contributed by atoms with E-state index in [9.17, 15) is 4.79 Å². The first-order valence-corrected chi connectivity index (χ1v) is 8.17. The number of methoxy groups -OCH3 is 1. The number of rotatable bonds is 7. The summed E-state index contributed by atoms with van der Waals surface area (Å²) in [5.74, 6) is 0.748. The highest BCUT2D eigenvalue weighted by Gasteiger charge is 2.16. The first-order valence-electron chi connectivity index (χ1n) is 8.17. The molecule has 6 heteroatoms. The molecule has 0 saturated heterocycles. The van der Waals surface area contributed by atoms with Gasteiger partial charge < -0.3 is 20.3 Å². The zero-order chi connectivity index (χ0) is 18.2. The van der Waals surface area contributed by atoms with Crippen molar-refractivity contribution in [2.45, 2.75) is 32.9 Å². The molecule has 0 saturated carbocycles. The molecule has 0 aromatic heterocycles. The van der Waals surface area contributed by atoms with Crippen molar-refractivity contribution >= 4 is 11.9 Å². The summed E-state index contributed by atoms with van der Waals surface area (Å²) in [6.45, 7) is 8.05. The van der Waals surface area contributed by atoms with Gasteiger partial charge in [0, 0.05) is 39.9 Å². The topological polar surface area (TPSA) is 66.0 Å². The van der Waals surface area contributed by atoms with E-state index in [4.69, 9.17) is 4.74 Å². The van der Waals surface area contributed by atoms with Gasteiger partial charge in [-0.3, -0.25) is 4.79 Å². The van der Waals surface area contributed by atoms with Crippen LogP contribution in [0, 0.1) is 0 Å². The highest BCUT2D eigenvalue weighted by atomic mass is 16.5. The molecular formula is C18H30N4O2. The Balaban J connectivity index is 2.70. The first kappa shape index (κ1) is 20.0. The van der Waals surface area contributed by atoms with Gasteiger partial charge in [0.15, 0.2) is 5.96 Å². The minimum Gasteiger partial charge on any atom is -0.377 e. The van der Waals surface area contributed by atoms with Gasteiger partial charge in [-0.05, 0) is 38.5 Å². The van der Waals surface area contributed by atoms with E-state index in [0.717, 1.165) is 18.1 Å². The fourth-order valence-electron chi connectivity index (χ4n) is 1.89. The smallest absolute Gasteiger partial charge is 0.253 e. The van der Waals surface area contributed by atoms with Crippen LogP contribution in [0.2, 0.25) is 0 Å². The van der Waals surface area contributed by atoms with Gasteiger partial charge in [0.25, 0.3) is 5.91 Å². The maximum Gasteiger partial charge on any atom is 0.253 e. The van der Waals surface area contributed by atoms with E-state index in [1.807, 2.05) is 45.0 Å². The van der Waals surface area contributed by atoms with E-state index in [2.05, 4.69) is 15.6 Å².